The summed E-state index contributed by atoms with van der Waals surface area (Å²) in [5, 5.41) is 5.07. The van der Waals surface area contributed by atoms with Gasteiger partial charge < -0.3 is 0 Å². The summed E-state index contributed by atoms with van der Waals surface area (Å²) in [6.07, 6.45) is 0. The maximum atomic E-state index is 4.59. The fourth-order valence-corrected chi connectivity index (χ4v) is 4.02. The van der Waals surface area contributed by atoms with Crippen LogP contribution < -0.4 is 0 Å². The van der Waals surface area contributed by atoms with Crippen molar-refractivity contribution in [3.8, 4) is 0 Å². The second-order valence-corrected chi connectivity index (χ2v) is 5.80. The first-order valence-electron chi connectivity index (χ1n) is 6.29. The molecular formula is C16H12N2S. The number of aryl methyl sites for hydroxylation is 2. The van der Waals surface area contributed by atoms with Crippen LogP contribution in [0, 0.1) is 13.8 Å². The van der Waals surface area contributed by atoms with Crippen LogP contribution in [0.5, 0.6) is 0 Å². The van der Waals surface area contributed by atoms with Gasteiger partial charge in [0.2, 0.25) is 0 Å². The lowest BCUT2D eigenvalue weighted by atomic mass is 10.1. The summed E-state index contributed by atoms with van der Waals surface area (Å²) in [6.45, 7) is 4.02. The van der Waals surface area contributed by atoms with Gasteiger partial charge in [0.05, 0.1) is 5.69 Å². The van der Waals surface area contributed by atoms with Crippen molar-refractivity contribution in [1.29, 1.82) is 0 Å². The molecule has 4 rings (SSSR count). The highest BCUT2D eigenvalue weighted by Crippen LogP contribution is 2.38. The minimum absolute atomic E-state index is 0.848. The molecule has 0 aliphatic heterocycles. The quantitative estimate of drug-likeness (QED) is 0.463. The lowest BCUT2D eigenvalue weighted by molar-refractivity contribution is 1.06. The summed E-state index contributed by atoms with van der Waals surface area (Å²) >= 11 is 1.77. The zero-order valence-corrected chi connectivity index (χ0v) is 11.6. The van der Waals surface area contributed by atoms with Gasteiger partial charge in [-0.25, -0.2) is 9.97 Å². The van der Waals surface area contributed by atoms with E-state index in [9.17, 15) is 0 Å². The van der Waals surface area contributed by atoms with E-state index in [0.29, 0.717) is 0 Å². The van der Waals surface area contributed by atoms with Crippen molar-refractivity contribution in [2.75, 3.05) is 0 Å². The van der Waals surface area contributed by atoms with Gasteiger partial charge in [-0.2, -0.15) is 0 Å². The lowest BCUT2D eigenvalue weighted by Gasteiger charge is -2.00. The molecule has 0 amide bonds. The van der Waals surface area contributed by atoms with Gasteiger partial charge >= 0.3 is 0 Å². The first-order chi connectivity index (χ1) is 9.24. The minimum Gasteiger partial charge on any atom is -0.238 e. The molecule has 0 atom stereocenters. The van der Waals surface area contributed by atoms with E-state index in [4.69, 9.17) is 0 Å². The Morgan fingerprint density at radius 3 is 2.63 bits per heavy atom. The standard InChI is InChI=1S/C16H12N2S/c1-9-14-13-8-7-11-5-3-4-6-12(11)15(13)19-16(14)18-10(2)17-9/h3-8H,1-2H3. The predicted molar refractivity (Wildman–Crippen MR) is 81.9 cm³/mol. The SMILES string of the molecule is Cc1nc(C)c2c(n1)sc1c3ccccc3ccc12. The van der Waals surface area contributed by atoms with Crippen molar-refractivity contribution in [2.24, 2.45) is 0 Å². The van der Waals surface area contributed by atoms with Crippen LogP contribution in [0.1, 0.15) is 11.5 Å². The zero-order valence-electron chi connectivity index (χ0n) is 10.8. The summed E-state index contributed by atoms with van der Waals surface area (Å²) in [4.78, 5) is 10.2. The molecule has 2 aromatic carbocycles. The van der Waals surface area contributed by atoms with E-state index < -0.39 is 0 Å². The molecule has 0 radical (unpaired) electrons. The number of nitrogens with zero attached hydrogens (tertiary/aromatic N) is 2. The molecule has 3 heteroatoms. The number of aromatic nitrogens is 2. The molecule has 0 spiro atoms. The molecule has 0 unspecified atom stereocenters. The Morgan fingerprint density at radius 2 is 1.74 bits per heavy atom. The fourth-order valence-electron chi connectivity index (χ4n) is 2.71. The molecule has 19 heavy (non-hydrogen) atoms. The summed E-state index contributed by atoms with van der Waals surface area (Å²) in [6, 6.07) is 12.9. The van der Waals surface area contributed by atoms with Gasteiger partial charge in [0.15, 0.2) is 0 Å². The smallest absolute Gasteiger partial charge is 0.128 e. The van der Waals surface area contributed by atoms with Crippen LogP contribution in [0.2, 0.25) is 0 Å². The molecule has 0 aliphatic rings. The highest BCUT2D eigenvalue weighted by atomic mass is 32.1. The molecular weight excluding hydrogens is 252 g/mol. The Morgan fingerprint density at radius 1 is 0.895 bits per heavy atom. The van der Waals surface area contributed by atoms with Crippen molar-refractivity contribution in [2.45, 2.75) is 13.8 Å². The summed E-state index contributed by atoms with van der Waals surface area (Å²) in [5.74, 6) is 0.848. The second-order valence-electron chi connectivity index (χ2n) is 4.80. The highest BCUT2D eigenvalue weighted by molar-refractivity contribution is 7.26. The predicted octanol–water partition coefficient (Wildman–Crippen LogP) is 4.61. The van der Waals surface area contributed by atoms with E-state index in [1.54, 1.807) is 11.3 Å². The molecule has 0 aliphatic carbocycles. The molecule has 2 heterocycles. The molecule has 92 valence electrons. The normalized spacial score (nSPS) is 11.7. The van der Waals surface area contributed by atoms with Crippen LogP contribution in [-0.4, -0.2) is 9.97 Å². The Kier molecular flexibility index (Phi) is 2.15. The first-order valence-corrected chi connectivity index (χ1v) is 7.11. The third-order valence-electron chi connectivity index (χ3n) is 3.52. The number of benzene rings is 2. The fraction of sp³-hybridized carbons (Fsp3) is 0.125. The highest BCUT2D eigenvalue weighted by Gasteiger charge is 2.12. The number of thiophene rings is 1. The van der Waals surface area contributed by atoms with E-state index in [1.165, 1.54) is 26.2 Å². The van der Waals surface area contributed by atoms with Gasteiger partial charge in [-0.15, -0.1) is 11.3 Å². The Bertz CT molecular complexity index is 938. The van der Waals surface area contributed by atoms with Gasteiger partial charge in [0, 0.05) is 15.5 Å². The van der Waals surface area contributed by atoms with Gasteiger partial charge in [-0.05, 0) is 24.6 Å². The molecule has 0 fully saturated rings. The number of hydrogen-bond acceptors (Lipinski definition) is 3. The Labute approximate surface area is 114 Å². The maximum absolute atomic E-state index is 4.59. The van der Waals surface area contributed by atoms with E-state index in [2.05, 4.69) is 53.3 Å². The third-order valence-corrected chi connectivity index (χ3v) is 4.65. The van der Waals surface area contributed by atoms with Gasteiger partial charge in [-0.3, -0.25) is 0 Å². The number of fused-ring (bicyclic) bond motifs is 5. The first kappa shape index (κ1) is 10.9. The maximum Gasteiger partial charge on any atom is 0.128 e. The molecule has 2 aromatic heterocycles. The number of hydrogen-bond donors (Lipinski definition) is 0. The summed E-state index contributed by atoms with van der Waals surface area (Å²) < 4.78 is 1.32. The van der Waals surface area contributed by atoms with E-state index >= 15 is 0 Å². The molecule has 0 saturated heterocycles. The summed E-state index contributed by atoms with van der Waals surface area (Å²) in [5.41, 5.74) is 1.07. The van der Waals surface area contributed by atoms with Crippen LogP contribution in [0.15, 0.2) is 36.4 Å². The second kappa shape index (κ2) is 3.75. The van der Waals surface area contributed by atoms with Gasteiger partial charge in [-0.1, -0.05) is 36.4 Å². The largest absolute Gasteiger partial charge is 0.238 e. The summed E-state index contributed by atoms with van der Waals surface area (Å²) in [7, 11) is 0. The Hall–Kier alpha value is -2.00. The monoisotopic (exact) mass is 264 g/mol. The van der Waals surface area contributed by atoms with Crippen molar-refractivity contribution >= 4 is 42.4 Å². The van der Waals surface area contributed by atoms with E-state index in [-0.39, 0.29) is 0 Å². The average molecular weight is 264 g/mol. The van der Waals surface area contributed by atoms with E-state index in [0.717, 1.165) is 16.3 Å². The lowest BCUT2D eigenvalue weighted by Crippen LogP contribution is -1.90. The van der Waals surface area contributed by atoms with Crippen molar-refractivity contribution < 1.29 is 0 Å². The van der Waals surface area contributed by atoms with Crippen LogP contribution in [0.3, 0.4) is 0 Å². The van der Waals surface area contributed by atoms with Crippen molar-refractivity contribution in [1.82, 2.24) is 9.97 Å². The minimum atomic E-state index is 0.848. The molecule has 4 aromatic rings. The van der Waals surface area contributed by atoms with Gasteiger partial charge in [0.1, 0.15) is 10.7 Å². The molecule has 2 nitrogen and oxygen atoms in total. The van der Waals surface area contributed by atoms with Crippen LogP contribution >= 0.6 is 11.3 Å². The average Bonchev–Trinajstić information content (AvgIpc) is 2.77. The van der Waals surface area contributed by atoms with Gasteiger partial charge in [0.25, 0.3) is 0 Å². The zero-order chi connectivity index (χ0) is 13.0. The molecule has 0 N–H and O–H groups in total. The van der Waals surface area contributed by atoms with Crippen molar-refractivity contribution in [3.05, 3.63) is 47.9 Å². The van der Waals surface area contributed by atoms with Crippen LogP contribution in [0.4, 0.5) is 0 Å². The number of rotatable bonds is 0. The Balaban J connectivity index is 2.31. The van der Waals surface area contributed by atoms with Crippen LogP contribution in [0.25, 0.3) is 31.1 Å². The van der Waals surface area contributed by atoms with E-state index in [1.807, 2.05) is 6.92 Å². The molecule has 0 bridgehead atoms. The topological polar surface area (TPSA) is 25.8 Å². The van der Waals surface area contributed by atoms with Crippen LogP contribution in [-0.2, 0) is 0 Å². The molecule has 0 saturated carbocycles. The third kappa shape index (κ3) is 1.48. The van der Waals surface area contributed by atoms with Crippen molar-refractivity contribution in [3.63, 3.8) is 0 Å².